The molecule has 9 heteroatoms. The molecule has 0 spiro atoms. The Morgan fingerprint density at radius 2 is 1.82 bits per heavy atom. The van der Waals surface area contributed by atoms with Crippen LogP contribution in [0.3, 0.4) is 0 Å². The number of hydrogen-bond donors (Lipinski definition) is 0. The summed E-state index contributed by atoms with van der Waals surface area (Å²) in [6, 6.07) is 12.3. The van der Waals surface area contributed by atoms with Crippen molar-refractivity contribution in [3.8, 4) is 17.2 Å². The second-order valence-electron chi connectivity index (χ2n) is 9.61. The van der Waals surface area contributed by atoms with Gasteiger partial charge in [0, 0.05) is 0 Å². The zero-order valence-electron chi connectivity index (χ0n) is 23.1. The van der Waals surface area contributed by atoms with Crippen LogP contribution in [0.2, 0.25) is 0 Å². The van der Waals surface area contributed by atoms with Crippen LogP contribution in [0.25, 0.3) is 6.08 Å². The maximum atomic E-state index is 13.9. The molecule has 0 aliphatic carbocycles. The number of carbonyl (C=O) groups excluding carboxylic acids is 1. The van der Waals surface area contributed by atoms with E-state index in [1.54, 1.807) is 37.9 Å². The van der Waals surface area contributed by atoms with E-state index < -0.39 is 12.0 Å². The summed E-state index contributed by atoms with van der Waals surface area (Å²) in [5.41, 5.74) is 2.18. The lowest BCUT2D eigenvalue weighted by Gasteiger charge is -2.25. The molecule has 1 aliphatic rings. The average Bonchev–Trinajstić information content (AvgIpc) is 3.23. The van der Waals surface area contributed by atoms with Crippen LogP contribution in [0.15, 0.2) is 63.5 Å². The second kappa shape index (κ2) is 12.3. The molecule has 39 heavy (non-hydrogen) atoms. The van der Waals surface area contributed by atoms with E-state index in [2.05, 4.69) is 4.99 Å². The quantitative estimate of drug-likeness (QED) is 0.351. The maximum absolute atomic E-state index is 13.9. The van der Waals surface area contributed by atoms with Crippen molar-refractivity contribution in [3.63, 3.8) is 0 Å². The van der Waals surface area contributed by atoms with Gasteiger partial charge in [-0.05, 0) is 60.7 Å². The summed E-state index contributed by atoms with van der Waals surface area (Å²) in [7, 11) is 3.14. The van der Waals surface area contributed by atoms with Crippen molar-refractivity contribution in [3.05, 3.63) is 84.5 Å². The molecule has 0 bridgehead atoms. The number of aromatic nitrogens is 1. The lowest BCUT2D eigenvalue weighted by molar-refractivity contribution is -0.140. The van der Waals surface area contributed by atoms with Crippen LogP contribution in [0.5, 0.6) is 17.2 Å². The Labute approximate surface area is 231 Å². The lowest BCUT2D eigenvalue weighted by atomic mass is 9.96. The smallest absolute Gasteiger partial charge is 0.338 e. The van der Waals surface area contributed by atoms with E-state index >= 15 is 0 Å². The standard InChI is InChI=1S/C30H34N2O6S/c1-7-14-37-22-11-9-21(10-12-22)27-26(29(34)38-17-18(2)3)19(4)31-30-32(27)28(33)25(39-30)16-20-8-13-23(35-5)24(15-20)36-6/h8-13,15-16,18,27H,7,14,17H2,1-6H3/b25-16-. The second-order valence-corrected chi connectivity index (χ2v) is 10.6. The van der Waals surface area contributed by atoms with Gasteiger partial charge in [-0.3, -0.25) is 9.36 Å². The van der Waals surface area contributed by atoms with Crippen LogP contribution in [-0.2, 0) is 9.53 Å². The third kappa shape index (κ3) is 6.09. The van der Waals surface area contributed by atoms with E-state index in [1.807, 2.05) is 57.2 Å². The van der Waals surface area contributed by atoms with Crippen LogP contribution in [0.1, 0.15) is 51.3 Å². The summed E-state index contributed by atoms with van der Waals surface area (Å²) in [4.78, 5) is 32.4. The first-order chi connectivity index (χ1) is 18.8. The maximum Gasteiger partial charge on any atom is 0.338 e. The number of benzene rings is 2. The summed E-state index contributed by atoms with van der Waals surface area (Å²) in [6.07, 6.45) is 2.69. The Balaban J connectivity index is 1.85. The number of fused-ring (bicyclic) bond motifs is 1. The zero-order chi connectivity index (χ0) is 28.1. The highest BCUT2D eigenvalue weighted by Crippen LogP contribution is 2.32. The van der Waals surface area contributed by atoms with Crippen molar-refractivity contribution in [2.45, 2.75) is 40.2 Å². The van der Waals surface area contributed by atoms with Crippen LogP contribution < -0.4 is 29.1 Å². The van der Waals surface area contributed by atoms with Crippen LogP contribution in [0.4, 0.5) is 0 Å². The fraction of sp³-hybridized carbons (Fsp3) is 0.367. The summed E-state index contributed by atoms with van der Waals surface area (Å²) in [5.74, 6) is 1.59. The molecule has 3 aromatic rings. The summed E-state index contributed by atoms with van der Waals surface area (Å²) in [6.45, 7) is 8.66. The van der Waals surface area contributed by atoms with E-state index in [-0.39, 0.29) is 18.1 Å². The highest BCUT2D eigenvalue weighted by atomic mass is 32.1. The predicted molar refractivity (Wildman–Crippen MR) is 151 cm³/mol. The summed E-state index contributed by atoms with van der Waals surface area (Å²) in [5, 5.41) is 0. The van der Waals surface area contributed by atoms with Crippen molar-refractivity contribution in [2.24, 2.45) is 10.9 Å². The predicted octanol–water partition coefficient (Wildman–Crippen LogP) is 4.24. The largest absolute Gasteiger partial charge is 0.494 e. The van der Waals surface area contributed by atoms with Crippen molar-refractivity contribution in [1.82, 2.24) is 4.57 Å². The normalized spacial score (nSPS) is 15.2. The van der Waals surface area contributed by atoms with E-state index in [0.717, 1.165) is 23.3 Å². The fourth-order valence-corrected chi connectivity index (χ4v) is 5.33. The third-order valence-corrected chi connectivity index (χ3v) is 7.15. The highest BCUT2D eigenvalue weighted by molar-refractivity contribution is 7.07. The van der Waals surface area contributed by atoms with Gasteiger partial charge in [-0.1, -0.05) is 50.3 Å². The molecule has 206 valence electrons. The lowest BCUT2D eigenvalue weighted by Crippen LogP contribution is -2.40. The number of rotatable bonds is 10. The first-order valence-corrected chi connectivity index (χ1v) is 13.7. The Morgan fingerprint density at radius 3 is 2.46 bits per heavy atom. The van der Waals surface area contributed by atoms with Gasteiger partial charge < -0.3 is 18.9 Å². The van der Waals surface area contributed by atoms with Gasteiger partial charge in [0.05, 0.1) is 49.3 Å². The first-order valence-electron chi connectivity index (χ1n) is 12.9. The monoisotopic (exact) mass is 550 g/mol. The number of carbonyl (C=O) groups is 1. The molecule has 0 N–H and O–H groups in total. The van der Waals surface area contributed by atoms with Crippen molar-refractivity contribution in [2.75, 3.05) is 27.4 Å². The van der Waals surface area contributed by atoms with Crippen molar-refractivity contribution >= 4 is 23.4 Å². The van der Waals surface area contributed by atoms with Crippen LogP contribution in [0, 0.1) is 5.92 Å². The van der Waals surface area contributed by atoms with E-state index in [1.165, 1.54) is 11.3 Å². The Morgan fingerprint density at radius 1 is 1.10 bits per heavy atom. The van der Waals surface area contributed by atoms with Gasteiger partial charge in [-0.15, -0.1) is 0 Å². The fourth-order valence-electron chi connectivity index (χ4n) is 4.28. The summed E-state index contributed by atoms with van der Waals surface area (Å²) >= 11 is 1.27. The molecule has 4 rings (SSSR count). The van der Waals surface area contributed by atoms with E-state index in [4.69, 9.17) is 18.9 Å². The molecule has 1 aliphatic heterocycles. The van der Waals surface area contributed by atoms with Gasteiger partial charge in [0.2, 0.25) is 0 Å². The number of thiazole rings is 1. The number of hydrogen-bond acceptors (Lipinski definition) is 8. The SMILES string of the molecule is CCCOc1ccc(C2C(C(=O)OCC(C)C)=C(C)N=c3s/c(=C\c4ccc(OC)c(OC)c4)c(=O)n32)cc1. The Kier molecular flexibility index (Phi) is 8.91. The minimum absolute atomic E-state index is 0.172. The number of esters is 1. The molecular formula is C30H34N2O6S. The van der Waals surface area contributed by atoms with Gasteiger partial charge in [-0.25, -0.2) is 9.79 Å². The van der Waals surface area contributed by atoms with Crippen molar-refractivity contribution < 1.29 is 23.7 Å². The molecular weight excluding hydrogens is 516 g/mol. The molecule has 0 saturated heterocycles. The molecule has 0 amide bonds. The van der Waals surface area contributed by atoms with Crippen molar-refractivity contribution in [1.29, 1.82) is 0 Å². The van der Waals surface area contributed by atoms with Crippen LogP contribution in [-0.4, -0.2) is 38.0 Å². The number of ether oxygens (including phenoxy) is 4. The van der Waals surface area contributed by atoms with Gasteiger partial charge in [0.1, 0.15) is 5.75 Å². The van der Waals surface area contributed by atoms with Crippen LogP contribution >= 0.6 is 11.3 Å². The average molecular weight is 551 g/mol. The molecule has 1 aromatic heterocycles. The topological polar surface area (TPSA) is 88.4 Å². The summed E-state index contributed by atoms with van der Waals surface area (Å²) < 4.78 is 24.2. The molecule has 0 radical (unpaired) electrons. The molecule has 1 unspecified atom stereocenters. The number of nitrogens with zero attached hydrogens (tertiary/aromatic N) is 2. The van der Waals surface area contributed by atoms with Gasteiger partial charge in [0.25, 0.3) is 5.56 Å². The molecule has 0 fully saturated rings. The first kappa shape index (κ1) is 28.2. The highest BCUT2D eigenvalue weighted by Gasteiger charge is 2.33. The van der Waals surface area contributed by atoms with E-state index in [0.29, 0.717) is 38.7 Å². The zero-order valence-corrected chi connectivity index (χ0v) is 24.0. The molecule has 8 nitrogen and oxygen atoms in total. The Hall–Kier alpha value is -3.85. The molecule has 2 heterocycles. The third-order valence-electron chi connectivity index (χ3n) is 6.16. The van der Waals surface area contributed by atoms with Gasteiger partial charge >= 0.3 is 5.97 Å². The molecule has 2 aromatic carbocycles. The van der Waals surface area contributed by atoms with Gasteiger partial charge in [-0.2, -0.15) is 0 Å². The Bertz CT molecular complexity index is 1550. The van der Waals surface area contributed by atoms with E-state index in [9.17, 15) is 9.59 Å². The van der Waals surface area contributed by atoms with Gasteiger partial charge in [0.15, 0.2) is 16.3 Å². The number of methoxy groups -OCH3 is 2. The molecule has 1 atom stereocenters. The number of allylic oxidation sites excluding steroid dienone is 1. The minimum atomic E-state index is -0.686. The molecule has 0 saturated carbocycles. The minimum Gasteiger partial charge on any atom is -0.494 e.